The molecule has 0 atom stereocenters. The molecule has 6 nitrogen and oxygen atoms in total. The van der Waals surface area contributed by atoms with Crippen molar-refractivity contribution in [3.63, 3.8) is 0 Å². The van der Waals surface area contributed by atoms with Crippen LogP contribution in [0.25, 0.3) is 10.9 Å². The quantitative estimate of drug-likeness (QED) is 0.196. The van der Waals surface area contributed by atoms with Crippen LogP contribution in [0.4, 0.5) is 0 Å². The Balaban J connectivity index is 0.000000830. The fraction of sp³-hybridized carbons (Fsp3) is 0.393. The summed E-state index contributed by atoms with van der Waals surface area (Å²) in [6.45, 7) is 3.83. The normalized spacial score (nSPS) is 10.6. The molecule has 0 amide bonds. The number of pyridine rings is 1. The Hall–Kier alpha value is -2.45. The molecule has 0 saturated heterocycles. The smallest absolute Gasteiger partial charge is 0.303 e. The summed E-state index contributed by atoms with van der Waals surface area (Å²) < 4.78 is 7.68. The van der Waals surface area contributed by atoms with Crippen molar-refractivity contribution in [3.8, 4) is 11.5 Å². The number of carboxylic acids is 2. The van der Waals surface area contributed by atoms with Crippen LogP contribution in [-0.4, -0.2) is 27.1 Å². The van der Waals surface area contributed by atoms with Gasteiger partial charge < -0.3 is 14.9 Å². The summed E-state index contributed by atoms with van der Waals surface area (Å²) in [5.74, 6) is -0.168. The third kappa shape index (κ3) is 10.3. The molecule has 0 saturated carbocycles. The second kappa shape index (κ2) is 15.6. The van der Waals surface area contributed by atoms with Gasteiger partial charge in [0.05, 0.1) is 14.5 Å². The molecule has 194 valence electrons. The predicted molar refractivity (Wildman–Crippen MR) is 150 cm³/mol. The minimum absolute atomic E-state index is 0.0947. The summed E-state index contributed by atoms with van der Waals surface area (Å²) in [4.78, 5) is 25.0. The number of benzene rings is 2. The van der Waals surface area contributed by atoms with Crippen molar-refractivity contribution < 1.29 is 24.5 Å². The number of halogens is 2. The van der Waals surface area contributed by atoms with Crippen LogP contribution in [0.3, 0.4) is 0 Å². The molecule has 0 fully saturated rings. The fourth-order valence-corrected chi connectivity index (χ4v) is 4.92. The molecule has 2 aromatic carbocycles. The summed E-state index contributed by atoms with van der Waals surface area (Å²) in [6, 6.07) is 13.9. The second-order valence-electron chi connectivity index (χ2n) is 8.45. The van der Waals surface area contributed by atoms with E-state index in [1.807, 2.05) is 30.3 Å². The number of nitrogens with zero attached hydrogens (tertiary/aromatic N) is 1. The van der Waals surface area contributed by atoms with E-state index in [2.05, 4.69) is 50.9 Å². The van der Waals surface area contributed by atoms with E-state index in [9.17, 15) is 9.59 Å². The molecule has 1 heterocycles. The van der Waals surface area contributed by atoms with E-state index >= 15 is 0 Å². The first kappa shape index (κ1) is 29.8. The number of aliphatic carboxylic acids is 2. The second-order valence-corrected chi connectivity index (χ2v) is 10.2. The fourth-order valence-electron chi connectivity index (χ4n) is 3.48. The maximum atomic E-state index is 10.8. The monoisotopic (exact) mass is 621 g/mol. The van der Waals surface area contributed by atoms with Crippen molar-refractivity contribution in [1.29, 1.82) is 0 Å². The molecule has 0 aliphatic rings. The van der Waals surface area contributed by atoms with Gasteiger partial charge in [-0.3, -0.25) is 14.6 Å². The first-order valence-electron chi connectivity index (χ1n) is 12.2. The number of aromatic nitrogens is 1. The number of ether oxygens (including phenoxy) is 1. The van der Waals surface area contributed by atoms with Crippen LogP contribution in [-0.2, 0) is 22.4 Å². The molecule has 36 heavy (non-hydrogen) atoms. The van der Waals surface area contributed by atoms with Crippen molar-refractivity contribution in [1.82, 2.24) is 4.98 Å². The van der Waals surface area contributed by atoms with E-state index < -0.39 is 11.9 Å². The third-order valence-electron chi connectivity index (χ3n) is 5.46. The maximum absolute atomic E-state index is 10.8. The largest absolute Gasteiger partial charge is 0.481 e. The molecule has 1 aromatic heterocycles. The lowest BCUT2D eigenvalue weighted by Gasteiger charge is -2.12. The molecule has 3 rings (SSSR count). The number of carboxylic acid groups (broad SMARTS) is 2. The van der Waals surface area contributed by atoms with E-state index in [1.165, 1.54) is 32.1 Å². The predicted octanol–water partition coefficient (Wildman–Crippen LogP) is 8.56. The van der Waals surface area contributed by atoms with Gasteiger partial charge in [-0.15, -0.1) is 0 Å². The van der Waals surface area contributed by atoms with Gasteiger partial charge in [0.1, 0.15) is 5.75 Å². The third-order valence-corrected chi connectivity index (χ3v) is 6.64. The molecule has 2 N–H and O–H groups in total. The topological polar surface area (TPSA) is 96.7 Å². The van der Waals surface area contributed by atoms with Crippen LogP contribution in [0.1, 0.15) is 70.1 Å². The lowest BCUT2D eigenvalue weighted by atomic mass is 10.1. The van der Waals surface area contributed by atoms with Crippen molar-refractivity contribution in [2.45, 2.75) is 71.6 Å². The van der Waals surface area contributed by atoms with Crippen LogP contribution < -0.4 is 4.74 Å². The van der Waals surface area contributed by atoms with Gasteiger partial charge in [0.15, 0.2) is 5.75 Å². The average Bonchev–Trinajstić information content (AvgIpc) is 2.85. The first-order valence-corrected chi connectivity index (χ1v) is 13.8. The van der Waals surface area contributed by atoms with Gasteiger partial charge in [-0.2, -0.15) is 0 Å². The summed E-state index contributed by atoms with van der Waals surface area (Å²) in [5, 5.41) is 17.6. The van der Waals surface area contributed by atoms with Crippen LogP contribution in [0.15, 0.2) is 51.4 Å². The highest BCUT2D eigenvalue weighted by Gasteiger charge is 2.12. The first-order chi connectivity index (χ1) is 17.2. The SMILES string of the molecule is CCC(=O)O.CCCCCCCc1ccc2cc(Oc3c(Br)cc(CCC(=O)O)cc3Br)ccc2n1. The number of hydrogen-bond acceptors (Lipinski definition) is 4. The number of hydrogen-bond donors (Lipinski definition) is 2. The highest BCUT2D eigenvalue weighted by atomic mass is 79.9. The summed E-state index contributed by atoms with van der Waals surface area (Å²) in [7, 11) is 0. The number of rotatable bonds is 12. The summed E-state index contributed by atoms with van der Waals surface area (Å²) in [6.07, 6.45) is 8.13. The number of carbonyl (C=O) groups is 2. The van der Waals surface area contributed by atoms with E-state index in [0.29, 0.717) is 12.2 Å². The minimum Gasteiger partial charge on any atom is -0.481 e. The molecular formula is C28H33Br2NO5. The molecule has 0 aliphatic carbocycles. The summed E-state index contributed by atoms with van der Waals surface area (Å²) >= 11 is 7.09. The minimum atomic E-state index is -0.808. The van der Waals surface area contributed by atoms with Gasteiger partial charge in [-0.05, 0) is 93.1 Å². The number of aryl methyl sites for hydroxylation is 2. The van der Waals surface area contributed by atoms with E-state index in [0.717, 1.165) is 43.3 Å². The Morgan fingerprint density at radius 3 is 2.14 bits per heavy atom. The zero-order valence-corrected chi connectivity index (χ0v) is 23.9. The zero-order valence-electron chi connectivity index (χ0n) is 20.7. The Kier molecular flexibility index (Phi) is 12.9. The Bertz CT molecular complexity index is 1140. The molecule has 8 heteroatoms. The van der Waals surface area contributed by atoms with Crippen molar-refractivity contribution >= 4 is 54.7 Å². The van der Waals surface area contributed by atoms with E-state index in [4.69, 9.17) is 19.9 Å². The van der Waals surface area contributed by atoms with Gasteiger partial charge >= 0.3 is 11.9 Å². The molecule has 0 radical (unpaired) electrons. The van der Waals surface area contributed by atoms with Gasteiger partial charge in [-0.25, -0.2) is 0 Å². The van der Waals surface area contributed by atoms with Crippen LogP contribution in [0.2, 0.25) is 0 Å². The number of fused-ring (bicyclic) bond motifs is 1. The van der Waals surface area contributed by atoms with Gasteiger partial charge in [0.25, 0.3) is 0 Å². The molecule has 0 unspecified atom stereocenters. The molecule has 0 bridgehead atoms. The highest BCUT2D eigenvalue weighted by Crippen LogP contribution is 2.38. The van der Waals surface area contributed by atoms with Crippen molar-refractivity contribution in [2.75, 3.05) is 0 Å². The molecule has 0 aliphatic heterocycles. The van der Waals surface area contributed by atoms with E-state index in [-0.39, 0.29) is 12.8 Å². The van der Waals surface area contributed by atoms with Gasteiger partial charge in [0, 0.05) is 23.9 Å². The van der Waals surface area contributed by atoms with Crippen molar-refractivity contribution in [3.05, 3.63) is 62.7 Å². The number of unbranched alkanes of at least 4 members (excludes halogenated alkanes) is 4. The standard InChI is InChI=1S/C25H27Br2NO3.C3H6O2/c1-2-3-4-5-6-7-19-10-9-18-16-20(11-12-23(18)28-19)31-25-21(26)14-17(15-22(25)27)8-13-24(29)30;1-2-3(4)5/h9-12,14-16H,2-8,13H2,1H3,(H,29,30);2H2,1H3,(H,4,5). The Morgan fingerprint density at radius 1 is 0.861 bits per heavy atom. The lowest BCUT2D eigenvalue weighted by Crippen LogP contribution is -1.98. The molecule has 0 spiro atoms. The molecule has 3 aromatic rings. The zero-order chi connectivity index (χ0) is 26.5. The Labute approximate surface area is 229 Å². The van der Waals surface area contributed by atoms with Crippen LogP contribution in [0.5, 0.6) is 11.5 Å². The van der Waals surface area contributed by atoms with Crippen LogP contribution >= 0.6 is 31.9 Å². The summed E-state index contributed by atoms with van der Waals surface area (Å²) in [5.41, 5.74) is 3.04. The lowest BCUT2D eigenvalue weighted by molar-refractivity contribution is -0.137. The van der Waals surface area contributed by atoms with Crippen molar-refractivity contribution in [2.24, 2.45) is 0 Å². The van der Waals surface area contributed by atoms with E-state index in [1.54, 1.807) is 6.92 Å². The molecular weight excluding hydrogens is 590 g/mol. The highest BCUT2D eigenvalue weighted by molar-refractivity contribution is 9.11. The van der Waals surface area contributed by atoms with Gasteiger partial charge in [-0.1, -0.05) is 45.6 Å². The Morgan fingerprint density at radius 2 is 1.53 bits per heavy atom. The van der Waals surface area contributed by atoms with Gasteiger partial charge in [0.2, 0.25) is 0 Å². The maximum Gasteiger partial charge on any atom is 0.303 e. The average molecular weight is 623 g/mol. The van der Waals surface area contributed by atoms with Crippen LogP contribution in [0, 0.1) is 0 Å².